The Morgan fingerprint density at radius 2 is 1.59 bits per heavy atom. The Labute approximate surface area is 192 Å². The quantitative estimate of drug-likeness (QED) is 0.417. The Kier molecular flexibility index (Phi) is 5.79. The van der Waals surface area contributed by atoms with E-state index >= 15 is 0 Å². The first-order chi connectivity index (χ1) is 15.1. The molecule has 3 heteroatoms. The van der Waals surface area contributed by atoms with Gasteiger partial charge in [0.1, 0.15) is 0 Å². The highest BCUT2D eigenvalue weighted by Crippen LogP contribution is 2.47. The Hall–Kier alpha value is -2.81. The van der Waals surface area contributed by atoms with Crippen LogP contribution in [0.4, 0.5) is 0 Å². The van der Waals surface area contributed by atoms with E-state index in [1.165, 1.54) is 46.3 Å². The van der Waals surface area contributed by atoms with Crippen LogP contribution in [-0.4, -0.2) is 17.6 Å². The minimum atomic E-state index is -0.159. The molecule has 1 aliphatic heterocycles. The summed E-state index contributed by atoms with van der Waals surface area (Å²) in [5.41, 5.74) is 9.32. The topological polar surface area (TPSA) is 31.2 Å². The van der Waals surface area contributed by atoms with Crippen LogP contribution >= 0.6 is 0 Å². The Morgan fingerprint density at radius 1 is 0.969 bits per heavy atom. The van der Waals surface area contributed by atoms with E-state index in [1.807, 2.05) is 0 Å². The third-order valence-corrected chi connectivity index (χ3v) is 6.61. The molecule has 2 heterocycles. The van der Waals surface area contributed by atoms with Crippen LogP contribution in [0.3, 0.4) is 0 Å². The normalized spacial score (nSPS) is 14.9. The molecule has 1 aromatic heterocycles. The largest absolute Gasteiger partial charge is 0.469 e. The molecule has 2 aromatic carbocycles. The van der Waals surface area contributed by atoms with Gasteiger partial charge in [-0.1, -0.05) is 89.2 Å². The predicted molar refractivity (Wildman–Crippen MR) is 132 cm³/mol. The van der Waals surface area contributed by atoms with Crippen LogP contribution in [0.1, 0.15) is 58.0 Å². The van der Waals surface area contributed by atoms with Crippen molar-refractivity contribution in [2.45, 2.75) is 65.8 Å². The third-order valence-electron chi connectivity index (χ3n) is 6.61. The van der Waals surface area contributed by atoms with Gasteiger partial charge >= 0.3 is 5.97 Å². The Morgan fingerprint density at radius 3 is 2.19 bits per heavy atom. The molecule has 0 radical (unpaired) electrons. The number of carbonyl (C=O) groups excluding carboxylic acids is 1. The first-order valence-corrected chi connectivity index (χ1v) is 11.6. The molecule has 0 unspecified atom stereocenters. The maximum absolute atomic E-state index is 12.1. The van der Waals surface area contributed by atoms with Crippen molar-refractivity contribution in [1.29, 1.82) is 0 Å². The van der Waals surface area contributed by atoms with Gasteiger partial charge in [-0.25, -0.2) is 0 Å². The van der Waals surface area contributed by atoms with Gasteiger partial charge in [-0.3, -0.25) is 4.79 Å². The molecule has 0 N–H and O–H groups in total. The second kappa shape index (κ2) is 8.27. The summed E-state index contributed by atoms with van der Waals surface area (Å²) in [6.07, 6.45) is 2.10. The summed E-state index contributed by atoms with van der Waals surface area (Å²) in [6.45, 7) is 12.4. The Balaban J connectivity index is 1.93. The van der Waals surface area contributed by atoms with Crippen LogP contribution < -0.4 is 0 Å². The zero-order valence-corrected chi connectivity index (χ0v) is 20.3. The third kappa shape index (κ3) is 4.26. The molecule has 32 heavy (non-hydrogen) atoms. The highest BCUT2D eigenvalue weighted by atomic mass is 16.5. The van der Waals surface area contributed by atoms with E-state index < -0.39 is 0 Å². The Bertz CT molecular complexity index is 1110. The van der Waals surface area contributed by atoms with E-state index in [4.69, 9.17) is 4.74 Å². The molecule has 0 bridgehead atoms. The van der Waals surface area contributed by atoms with Crippen LogP contribution in [0.25, 0.3) is 22.3 Å². The van der Waals surface area contributed by atoms with E-state index in [0.29, 0.717) is 12.8 Å². The van der Waals surface area contributed by atoms with Crippen LogP contribution in [-0.2, 0) is 34.3 Å². The lowest BCUT2D eigenvalue weighted by Crippen LogP contribution is -2.15. The molecule has 0 aliphatic carbocycles. The van der Waals surface area contributed by atoms with Gasteiger partial charge in [0.2, 0.25) is 0 Å². The van der Waals surface area contributed by atoms with Crippen LogP contribution in [0.15, 0.2) is 54.6 Å². The lowest BCUT2D eigenvalue weighted by atomic mass is 9.84. The zero-order valence-electron chi connectivity index (χ0n) is 20.3. The van der Waals surface area contributed by atoms with Crippen LogP contribution in [0.5, 0.6) is 0 Å². The molecule has 0 atom stereocenters. The second-order valence-corrected chi connectivity index (χ2v) is 10.8. The number of esters is 1. The summed E-state index contributed by atoms with van der Waals surface area (Å²) in [6, 6.07) is 19.7. The number of fused-ring (bicyclic) bond motifs is 1. The van der Waals surface area contributed by atoms with E-state index in [-0.39, 0.29) is 16.8 Å². The first-order valence-electron chi connectivity index (χ1n) is 11.6. The van der Waals surface area contributed by atoms with Crippen molar-refractivity contribution in [1.82, 2.24) is 4.57 Å². The van der Waals surface area contributed by atoms with E-state index in [2.05, 4.69) is 93.8 Å². The number of hydrogen-bond donors (Lipinski definition) is 0. The van der Waals surface area contributed by atoms with Gasteiger partial charge in [0.15, 0.2) is 0 Å². The molecule has 168 valence electrons. The van der Waals surface area contributed by atoms with Gasteiger partial charge in [-0.2, -0.15) is 0 Å². The van der Waals surface area contributed by atoms with Gasteiger partial charge in [-0.05, 0) is 40.4 Å². The minimum Gasteiger partial charge on any atom is -0.469 e. The van der Waals surface area contributed by atoms with Crippen LogP contribution in [0, 0.1) is 5.41 Å². The first kappa shape index (κ1) is 22.4. The van der Waals surface area contributed by atoms with Gasteiger partial charge in [0.05, 0.1) is 13.5 Å². The molecular weight excluding hydrogens is 394 g/mol. The zero-order chi connectivity index (χ0) is 23.1. The highest BCUT2D eigenvalue weighted by Gasteiger charge is 2.36. The number of rotatable bonds is 5. The molecule has 3 aromatic rings. The predicted octanol–water partition coefficient (Wildman–Crippen LogP) is 6.81. The number of aromatic nitrogens is 1. The summed E-state index contributed by atoms with van der Waals surface area (Å²) in [7, 11) is 1.47. The van der Waals surface area contributed by atoms with Crippen molar-refractivity contribution in [3.05, 3.63) is 71.5 Å². The summed E-state index contributed by atoms with van der Waals surface area (Å²) >= 11 is 0. The number of methoxy groups -OCH3 is 1. The van der Waals surface area contributed by atoms with Crippen molar-refractivity contribution in [2.75, 3.05) is 7.11 Å². The molecule has 4 rings (SSSR count). The average molecular weight is 430 g/mol. The number of benzene rings is 2. The lowest BCUT2D eigenvalue weighted by Gasteiger charge is -2.21. The van der Waals surface area contributed by atoms with Crippen molar-refractivity contribution >= 4 is 5.97 Å². The van der Waals surface area contributed by atoms with E-state index in [1.54, 1.807) is 0 Å². The molecule has 3 nitrogen and oxygen atoms in total. The summed E-state index contributed by atoms with van der Waals surface area (Å²) < 4.78 is 7.46. The molecular formula is C29H35NO2. The van der Waals surface area contributed by atoms with Crippen molar-refractivity contribution in [3.63, 3.8) is 0 Å². The average Bonchev–Trinajstić information content (AvgIpc) is 3.22. The molecule has 0 saturated heterocycles. The summed E-state index contributed by atoms with van der Waals surface area (Å²) in [5, 5.41) is 0. The fourth-order valence-corrected chi connectivity index (χ4v) is 4.98. The van der Waals surface area contributed by atoms with Gasteiger partial charge in [0, 0.05) is 29.1 Å². The van der Waals surface area contributed by atoms with E-state index in [9.17, 15) is 4.79 Å². The molecule has 1 aliphatic rings. The number of hydrogen-bond acceptors (Lipinski definition) is 2. The van der Waals surface area contributed by atoms with Gasteiger partial charge in [0.25, 0.3) is 0 Å². The highest BCUT2D eigenvalue weighted by molar-refractivity contribution is 5.89. The monoisotopic (exact) mass is 429 g/mol. The van der Waals surface area contributed by atoms with Crippen molar-refractivity contribution < 1.29 is 9.53 Å². The second-order valence-electron chi connectivity index (χ2n) is 10.8. The maximum Gasteiger partial charge on any atom is 0.305 e. The van der Waals surface area contributed by atoms with E-state index in [0.717, 1.165) is 13.0 Å². The summed E-state index contributed by atoms with van der Waals surface area (Å²) in [4.78, 5) is 12.1. The number of nitrogens with zero attached hydrogens (tertiary/aromatic N) is 1. The minimum absolute atomic E-state index is 0.112. The van der Waals surface area contributed by atoms with Gasteiger partial charge < -0.3 is 9.30 Å². The number of carbonyl (C=O) groups is 1. The van der Waals surface area contributed by atoms with Gasteiger partial charge in [-0.15, -0.1) is 0 Å². The maximum atomic E-state index is 12.1. The SMILES string of the molecule is COC(=O)CCc1c(-c2ccc(C(C)(C)C)cc2)c(-c2ccccc2)c2n1CC(C)(C)C2. The van der Waals surface area contributed by atoms with Crippen molar-refractivity contribution in [3.8, 4) is 22.3 Å². The standard InChI is InChI=1S/C29H35NO2/c1-28(2,3)22-14-12-21(13-15-22)26-23(16-17-25(31)32-6)30-19-29(4,5)18-24(30)27(26)20-10-8-7-9-11-20/h7-15H,16-19H2,1-6H3. The fraction of sp³-hybridized carbons (Fsp3) is 0.414. The fourth-order valence-electron chi connectivity index (χ4n) is 4.98. The molecule has 0 spiro atoms. The molecule has 0 fully saturated rings. The smallest absolute Gasteiger partial charge is 0.305 e. The molecule has 0 saturated carbocycles. The van der Waals surface area contributed by atoms with Crippen molar-refractivity contribution in [2.24, 2.45) is 5.41 Å². The summed E-state index contributed by atoms with van der Waals surface area (Å²) in [5.74, 6) is -0.159. The lowest BCUT2D eigenvalue weighted by molar-refractivity contribution is -0.140. The molecule has 0 amide bonds. The number of ether oxygens (including phenoxy) is 1. The van der Waals surface area contributed by atoms with Crippen LogP contribution in [0.2, 0.25) is 0 Å².